The molecule has 0 amide bonds. The first kappa shape index (κ1) is 51.4. The molecular weight excluding hydrogens is 889 g/mol. The van der Waals surface area contributed by atoms with Gasteiger partial charge in [0.15, 0.2) is 5.71 Å². The number of unbranched alkanes of at least 4 members (excludes halogenated alkanes) is 3. The molecule has 0 atom stereocenters. The molecule has 14 nitrogen and oxygen atoms in total. The number of hydrogen-bond acceptors (Lipinski definition) is 10. The van der Waals surface area contributed by atoms with Crippen molar-refractivity contribution in [2.75, 3.05) is 23.0 Å². The van der Waals surface area contributed by atoms with E-state index in [9.17, 15) is 43.7 Å². The maximum absolute atomic E-state index is 12.1. The van der Waals surface area contributed by atoms with E-state index in [4.69, 9.17) is 21.7 Å². The van der Waals surface area contributed by atoms with Gasteiger partial charge in [-0.1, -0.05) is 61.9 Å². The number of carbonyl (C=O) groups is 1. The van der Waals surface area contributed by atoms with Gasteiger partial charge < -0.3 is 16.0 Å². The predicted molar refractivity (Wildman–Crippen MR) is 236 cm³/mol. The molecule has 332 valence electrons. The number of allylic oxidation sites excluding steroid dienone is 6. The van der Waals surface area contributed by atoms with Crippen LogP contribution in [0.15, 0.2) is 94.6 Å². The summed E-state index contributed by atoms with van der Waals surface area (Å²) in [6, 6.07) is 14.0. The molecule has 0 unspecified atom stereocenters. The summed E-state index contributed by atoms with van der Waals surface area (Å²) in [5, 5.41) is 9.62. The molecule has 2 aliphatic rings. The summed E-state index contributed by atoms with van der Waals surface area (Å²) in [6.45, 7) is 8.62. The van der Waals surface area contributed by atoms with Crippen LogP contribution < -0.4 is 39.0 Å². The fraction of sp³-hybridized carbons (Fsp3) is 0.419. The van der Waals surface area contributed by atoms with Crippen LogP contribution in [-0.2, 0) is 58.9 Å². The van der Waals surface area contributed by atoms with Gasteiger partial charge in [-0.2, -0.15) is 16.8 Å². The second-order valence-corrected chi connectivity index (χ2v) is 21.4. The number of fused-ring (bicyclic) bond motifs is 2. The summed E-state index contributed by atoms with van der Waals surface area (Å²) in [4.78, 5) is 17.8. The largest absolute Gasteiger partial charge is 1.00 e. The molecule has 1 aromatic heterocycles. The topological polar surface area (TPSA) is 223 Å². The zero-order valence-electron chi connectivity index (χ0n) is 36.5. The Morgan fingerprint density at radius 1 is 0.887 bits per heavy atom. The van der Waals surface area contributed by atoms with E-state index < -0.39 is 52.9 Å². The van der Waals surface area contributed by atoms with E-state index in [-0.39, 0.29) is 60.9 Å². The summed E-state index contributed by atoms with van der Waals surface area (Å²) in [6.07, 6.45) is 12.6. The number of halogens is 1. The average Bonchev–Trinajstić information content (AvgIpc) is 3.53. The second kappa shape index (κ2) is 20.7. The number of aliphatic imine (C=N–C) groups is 1. The Morgan fingerprint density at radius 2 is 1.56 bits per heavy atom. The molecule has 3 heterocycles. The summed E-state index contributed by atoms with van der Waals surface area (Å²) in [7, 11) is -13.0. The van der Waals surface area contributed by atoms with Crippen molar-refractivity contribution < 1.29 is 84.4 Å². The van der Waals surface area contributed by atoms with Crippen LogP contribution in [0, 0.1) is 0 Å². The summed E-state index contributed by atoms with van der Waals surface area (Å²) >= 11 is 6.58. The van der Waals surface area contributed by atoms with Crippen LogP contribution in [0.25, 0.3) is 5.57 Å². The molecule has 0 fully saturated rings. The predicted octanol–water partition coefficient (Wildman–Crippen LogP) is 4.47. The normalized spacial score (nSPS) is 16.6. The minimum Gasteiger partial charge on any atom is -1.00 e. The summed E-state index contributed by atoms with van der Waals surface area (Å²) in [5.41, 5.74) is 4.82. The first-order valence-electron chi connectivity index (χ1n) is 19.9. The van der Waals surface area contributed by atoms with Gasteiger partial charge in [0.05, 0.1) is 38.9 Å². The molecule has 2 aliphatic heterocycles. The third kappa shape index (κ3) is 13.4. The number of aryl methyl sites for hydroxylation is 2. The van der Waals surface area contributed by atoms with E-state index in [0.29, 0.717) is 67.3 Å². The van der Waals surface area contributed by atoms with Gasteiger partial charge in [0, 0.05) is 29.8 Å². The molecule has 0 radical (unpaired) electrons. The fourth-order valence-corrected chi connectivity index (χ4v) is 9.63. The number of anilines is 1. The van der Waals surface area contributed by atoms with Crippen molar-refractivity contribution in [3.05, 3.63) is 112 Å². The number of hydrogen-bond donors (Lipinski definition) is 3. The number of nitrogens with zero attached hydrogens (tertiary/aromatic N) is 3. The van der Waals surface area contributed by atoms with Crippen LogP contribution in [0.5, 0.6) is 0 Å². The quantitative estimate of drug-likeness (QED) is 0.0470. The number of benzene rings is 2. The number of carboxylic acids is 1. The molecule has 0 aliphatic carbocycles. The number of carboxylic acid groups (broad SMARTS) is 1. The number of aliphatic carboxylic acids is 1. The molecular formula is C43H53ClN3NaO11S3. The Hall–Kier alpha value is -3.23. The van der Waals surface area contributed by atoms with Crippen LogP contribution in [0.3, 0.4) is 0 Å². The maximum Gasteiger partial charge on any atom is 1.00 e. The molecule has 0 spiro atoms. The standard InChI is InChI=1S/C43H52ClN3O11S3.Na.H/c1-42(2)36-27-33(44)29-46(22-7-9-24-59(50,51)52)41(36)45-38(42)20-16-31(32-14-11-13-30(26-32)12-5-6-15-40(48)49)17-21-39-43(3,4)35-28-34(61(56,57)58)18-19-37(35)47(39)23-8-10-25-60(53,54)55;;/h11,13-14,16-21,26-29H,5-10,12,15,22-25H2,1-4H3,(H3-,48,49,50,51,52,53,54,55,56,57,58);;/q;+1;-1. The van der Waals surface area contributed by atoms with Gasteiger partial charge in [0.1, 0.15) is 16.3 Å². The van der Waals surface area contributed by atoms with Crippen molar-refractivity contribution in [3.8, 4) is 0 Å². The smallest absolute Gasteiger partial charge is 1.00 e. The molecule has 19 heteroatoms. The van der Waals surface area contributed by atoms with Crippen molar-refractivity contribution in [2.24, 2.45) is 4.99 Å². The summed E-state index contributed by atoms with van der Waals surface area (Å²) in [5.74, 6) is -0.953. The van der Waals surface area contributed by atoms with E-state index in [0.717, 1.165) is 33.7 Å². The number of aromatic nitrogens is 1. The van der Waals surface area contributed by atoms with Gasteiger partial charge in [-0.3, -0.25) is 13.9 Å². The van der Waals surface area contributed by atoms with Crippen molar-refractivity contribution in [3.63, 3.8) is 0 Å². The molecule has 62 heavy (non-hydrogen) atoms. The fourth-order valence-electron chi connectivity index (χ4n) is 7.77. The van der Waals surface area contributed by atoms with Crippen LogP contribution >= 0.6 is 11.6 Å². The second-order valence-electron chi connectivity index (χ2n) is 16.4. The monoisotopic (exact) mass is 941 g/mol. The van der Waals surface area contributed by atoms with Crippen LogP contribution in [0.2, 0.25) is 5.02 Å². The van der Waals surface area contributed by atoms with Crippen molar-refractivity contribution in [1.29, 1.82) is 0 Å². The Kier molecular flexibility index (Phi) is 17.2. The van der Waals surface area contributed by atoms with Gasteiger partial charge >= 0.3 is 41.3 Å². The van der Waals surface area contributed by atoms with Crippen molar-refractivity contribution >= 4 is 70.7 Å². The van der Waals surface area contributed by atoms with Crippen LogP contribution in [0.1, 0.15) is 96.3 Å². The molecule has 3 aromatic rings. The zero-order valence-corrected chi connectivity index (χ0v) is 40.7. The average molecular weight is 943 g/mol. The van der Waals surface area contributed by atoms with Gasteiger partial charge in [0.25, 0.3) is 20.2 Å². The third-order valence-corrected chi connectivity index (χ3v) is 13.7. The van der Waals surface area contributed by atoms with Crippen molar-refractivity contribution in [1.82, 2.24) is 0 Å². The Bertz CT molecular complexity index is 2650. The summed E-state index contributed by atoms with van der Waals surface area (Å²) < 4.78 is 102. The van der Waals surface area contributed by atoms with Gasteiger partial charge in [-0.05, 0) is 122 Å². The van der Waals surface area contributed by atoms with Crippen LogP contribution in [0.4, 0.5) is 11.5 Å². The molecule has 3 N–H and O–H groups in total. The minimum atomic E-state index is -4.77. The van der Waals surface area contributed by atoms with Gasteiger partial charge in [0.2, 0.25) is 0 Å². The SMILES string of the molecule is CC1(C)C(=CC=C(C=CC2=Nc3c(cc(Cl)c[n+]3CCCCS(=O)(=O)O)C2(C)C)c2cccc(CCCCC(=O)O)c2)N(CCCCS(=O)(=O)O)c2ccc(S(=O)(=O)[O-])cc21.[H-].[Na+]. The Morgan fingerprint density at radius 3 is 2.21 bits per heavy atom. The van der Waals surface area contributed by atoms with Crippen molar-refractivity contribution in [2.45, 2.75) is 101 Å². The molecule has 0 bridgehead atoms. The third-order valence-electron chi connectivity index (χ3n) is 11.1. The Labute approximate surface area is 393 Å². The van der Waals surface area contributed by atoms with E-state index >= 15 is 0 Å². The number of rotatable bonds is 20. The van der Waals surface area contributed by atoms with Gasteiger partial charge in [-0.25, -0.2) is 13.0 Å². The first-order valence-corrected chi connectivity index (χ1v) is 24.9. The van der Waals surface area contributed by atoms with Gasteiger partial charge in [-0.15, -0.1) is 0 Å². The molecule has 0 saturated heterocycles. The van der Waals surface area contributed by atoms with E-state index in [1.807, 2.05) is 91.8 Å². The molecule has 2 aromatic carbocycles. The Balaban J connectivity index is 0.00000528. The van der Waals surface area contributed by atoms with E-state index in [2.05, 4.69) is 0 Å². The first-order chi connectivity index (χ1) is 28.4. The van der Waals surface area contributed by atoms with Crippen LogP contribution in [-0.4, -0.2) is 73.7 Å². The van der Waals surface area contributed by atoms with E-state index in [1.165, 1.54) is 12.1 Å². The maximum atomic E-state index is 12.1. The minimum absolute atomic E-state index is 0. The van der Waals surface area contributed by atoms with E-state index in [1.54, 1.807) is 12.3 Å². The molecule has 5 rings (SSSR count). The number of pyridine rings is 1. The zero-order chi connectivity index (χ0) is 45.0. The molecule has 0 saturated carbocycles.